The van der Waals surface area contributed by atoms with Crippen molar-refractivity contribution in [2.24, 2.45) is 0 Å². The van der Waals surface area contributed by atoms with Crippen molar-refractivity contribution in [3.05, 3.63) is 17.8 Å². The van der Waals surface area contributed by atoms with Gasteiger partial charge in [-0.15, -0.1) is 11.6 Å². The third-order valence-corrected chi connectivity index (χ3v) is 2.70. The lowest BCUT2D eigenvalue weighted by Crippen LogP contribution is -1.94. The Kier molecular flexibility index (Phi) is 3.43. The van der Waals surface area contributed by atoms with E-state index in [2.05, 4.69) is 4.98 Å². The van der Waals surface area contributed by atoms with Gasteiger partial charge in [0, 0.05) is 24.8 Å². The highest BCUT2D eigenvalue weighted by atomic mass is 35.5. The van der Waals surface area contributed by atoms with Crippen LogP contribution in [0.5, 0.6) is 0 Å². The summed E-state index contributed by atoms with van der Waals surface area (Å²) in [7, 11) is 0. The van der Waals surface area contributed by atoms with Gasteiger partial charge >= 0.3 is 0 Å². The molecule has 4 heteroatoms. The molecule has 1 unspecified atom stereocenters. The second-order valence-electron chi connectivity index (χ2n) is 3.51. The van der Waals surface area contributed by atoms with Crippen LogP contribution in [0.3, 0.4) is 0 Å². The molecule has 0 aliphatic carbocycles. The van der Waals surface area contributed by atoms with Crippen LogP contribution in [0.4, 0.5) is 0 Å². The van der Waals surface area contributed by atoms with Crippen LogP contribution in [-0.2, 0) is 11.2 Å². The quantitative estimate of drug-likeness (QED) is 0.724. The van der Waals surface area contributed by atoms with Crippen molar-refractivity contribution < 1.29 is 9.15 Å². The highest BCUT2D eigenvalue weighted by Gasteiger charge is 2.21. The summed E-state index contributed by atoms with van der Waals surface area (Å²) in [5.41, 5.74) is 0. The second-order valence-corrected chi connectivity index (χ2v) is 3.89. The number of hydrogen-bond donors (Lipinski definition) is 0. The Balaban J connectivity index is 1.94. The van der Waals surface area contributed by atoms with E-state index in [1.54, 1.807) is 0 Å². The molecule has 0 N–H and O–H groups in total. The lowest BCUT2D eigenvalue weighted by molar-refractivity contribution is 0.191. The number of alkyl halides is 1. The zero-order valence-electron chi connectivity index (χ0n) is 8.04. The molecule has 0 bridgehead atoms. The standard InChI is InChI=1S/C10H14ClNO2/c11-4-1-2-10-12-6-9(14-10)8-3-5-13-7-8/h6,8H,1-5,7H2. The van der Waals surface area contributed by atoms with Crippen molar-refractivity contribution in [3.63, 3.8) is 0 Å². The molecule has 2 heterocycles. The summed E-state index contributed by atoms with van der Waals surface area (Å²) in [6.07, 6.45) is 4.62. The van der Waals surface area contributed by atoms with E-state index >= 15 is 0 Å². The molecule has 1 aliphatic heterocycles. The molecule has 0 saturated carbocycles. The fourth-order valence-electron chi connectivity index (χ4n) is 1.61. The Morgan fingerprint density at radius 3 is 3.21 bits per heavy atom. The van der Waals surface area contributed by atoms with Crippen molar-refractivity contribution in [2.45, 2.75) is 25.2 Å². The Hall–Kier alpha value is -0.540. The molecular weight excluding hydrogens is 202 g/mol. The minimum atomic E-state index is 0.409. The van der Waals surface area contributed by atoms with Crippen molar-refractivity contribution in [3.8, 4) is 0 Å². The summed E-state index contributed by atoms with van der Waals surface area (Å²) in [5.74, 6) is 2.83. The predicted molar refractivity (Wildman–Crippen MR) is 53.7 cm³/mol. The summed E-state index contributed by atoms with van der Waals surface area (Å²) in [6.45, 7) is 1.60. The van der Waals surface area contributed by atoms with Crippen LogP contribution in [0.1, 0.15) is 30.4 Å². The average molecular weight is 216 g/mol. The topological polar surface area (TPSA) is 35.3 Å². The van der Waals surface area contributed by atoms with Crippen LogP contribution in [0.2, 0.25) is 0 Å². The van der Waals surface area contributed by atoms with E-state index in [1.165, 1.54) is 0 Å². The zero-order valence-corrected chi connectivity index (χ0v) is 8.79. The lowest BCUT2D eigenvalue weighted by Gasteiger charge is -2.00. The molecule has 2 rings (SSSR count). The van der Waals surface area contributed by atoms with Crippen LogP contribution in [-0.4, -0.2) is 24.1 Å². The van der Waals surface area contributed by atoms with Crippen molar-refractivity contribution >= 4 is 11.6 Å². The maximum atomic E-state index is 5.62. The predicted octanol–water partition coefficient (Wildman–Crippen LogP) is 2.35. The number of nitrogens with zero attached hydrogens (tertiary/aromatic N) is 1. The molecule has 1 aromatic heterocycles. The first-order valence-electron chi connectivity index (χ1n) is 4.98. The van der Waals surface area contributed by atoms with E-state index < -0.39 is 0 Å². The maximum Gasteiger partial charge on any atom is 0.194 e. The van der Waals surface area contributed by atoms with E-state index in [9.17, 15) is 0 Å². The highest BCUT2D eigenvalue weighted by molar-refractivity contribution is 6.17. The number of oxazole rings is 1. The number of aromatic nitrogens is 1. The molecule has 0 aromatic carbocycles. The van der Waals surface area contributed by atoms with Gasteiger partial charge in [0.25, 0.3) is 0 Å². The maximum absolute atomic E-state index is 5.62. The summed E-state index contributed by atoms with van der Waals surface area (Å²) < 4.78 is 10.9. The van der Waals surface area contributed by atoms with E-state index in [4.69, 9.17) is 20.8 Å². The molecule has 1 aromatic rings. The fourth-order valence-corrected chi connectivity index (χ4v) is 1.74. The van der Waals surface area contributed by atoms with Gasteiger partial charge in [0.1, 0.15) is 5.76 Å². The molecule has 0 spiro atoms. The van der Waals surface area contributed by atoms with Gasteiger partial charge in [-0.3, -0.25) is 0 Å². The minimum Gasteiger partial charge on any atom is -0.445 e. The average Bonchev–Trinajstić information content (AvgIpc) is 2.85. The number of rotatable bonds is 4. The number of hydrogen-bond acceptors (Lipinski definition) is 3. The van der Waals surface area contributed by atoms with Gasteiger partial charge in [0.05, 0.1) is 12.8 Å². The van der Waals surface area contributed by atoms with E-state index in [0.29, 0.717) is 11.8 Å². The second kappa shape index (κ2) is 4.80. The largest absolute Gasteiger partial charge is 0.445 e. The normalized spacial score (nSPS) is 21.6. The van der Waals surface area contributed by atoms with Crippen LogP contribution in [0, 0.1) is 0 Å². The van der Waals surface area contributed by atoms with Gasteiger partial charge < -0.3 is 9.15 Å². The van der Waals surface area contributed by atoms with Crippen LogP contribution in [0.25, 0.3) is 0 Å². The summed E-state index contributed by atoms with van der Waals surface area (Å²) in [4.78, 5) is 4.22. The van der Waals surface area contributed by atoms with Gasteiger partial charge in [-0.05, 0) is 12.8 Å². The monoisotopic (exact) mass is 215 g/mol. The van der Waals surface area contributed by atoms with Gasteiger partial charge in [-0.1, -0.05) is 0 Å². The molecular formula is C10H14ClNO2. The van der Waals surface area contributed by atoms with Crippen LogP contribution in [0.15, 0.2) is 10.6 Å². The van der Waals surface area contributed by atoms with Gasteiger partial charge in [-0.2, -0.15) is 0 Å². The molecule has 1 aliphatic rings. The first-order valence-corrected chi connectivity index (χ1v) is 5.52. The smallest absolute Gasteiger partial charge is 0.194 e. The highest BCUT2D eigenvalue weighted by Crippen LogP contribution is 2.25. The Bertz CT molecular complexity index is 281. The van der Waals surface area contributed by atoms with Gasteiger partial charge in [0.15, 0.2) is 5.89 Å². The molecule has 1 atom stereocenters. The van der Waals surface area contributed by atoms with E-state index in [-0.39, 0.29) is 0 Å². The third-order valence-electron chi connectivity index (χ3n) is 2.43. The third kappa shape index (κ3) is 2.28. The molecule has 14 heavy (non-hydrogen) atoms. The Morgan fingerprint density at radius 2 is 2.50 bits per heavy atom. The van der Waals surface area contributed by atoms with Crippen LogP contribution >= 0.6 is 11.6 Å². The molecule has 78 valence electrons. The fraction of sp³-hybridized carbons (Fsp3) is 0.700. The van der Waals surface area contributed by atoms with Crippen molar-refractivity contribution in [2.75, 3.05) is 19.1 Å². The molecule has 1 saturated heterocycles. The van der Waals surface area contributed by atoms with Crippen molar-refractivity contribution in [1.29, 1.82) is 0 Å². The first kappa shape index (κ1) is 9.99. The Morgan fingerprint density at radius 1 is 1.57 bits per heavy atom. The lowest BCUT2D eigenvalue weighted by atomic mass is 10.1. The molecule has 3 nitrogen and oxygen atoms in total. The van der Waals surface area contributed by atoms with E-state index in [0.717, 1.165) is 44.1 Å². The van der Waals surface area contributed by atoms with Crippen LogP contribution < -0.4 is 0 Å². The molecule has 0 radical (unpaired) electrons. The zero-order chi connectivity index (χ0) is 9.80. The SMILES string of the molecule is ClCCCc1ncc(C2CCOC2)o1. The van der Waals surface area contributed by atoms with Crippen molar-refractivity contribution in [1.82, 2.24) is 4.98 Å². The summed E-state index contributed by atoms with van der Waals surface area (Å²) in [5, 5.41) is 0. The summed E-state index contributed by atoms with van der Waals surface area (Å²) >= 11 is 5.60. The number of aryl methyl sites for hydroxylation is 1. The van der Waals surface area contributed by atoms with Gasteiger partial charge in [-0.25, -0.2) is 4.98 Å². The molecule has 1 fully saturated rings. The summed E-state index contributed by atoms with van der Waals surface area (Å²) in [6, 6.07) is 0. The molecule has 0 amide bonds. The first-order chi connectivity index (χ1) is 6.90. The number of ether oxygens (including phenoxy) is 1. The number of halogens is 1. The Labute approximate surface area is 88.4 Å². The van der Waals surface area contributed by atoms with Gasteiger partial charge in [0.2, 0.25) is 0 Å². The van der Waals surface area contributed by atoms with E-state index in [1.807, 2.05) is 6.20 Å². The minimum absolute atomic E-state index is 0.409.